The van der Waals surface area contributed by atoms with Crippen molar-refractivity contribution in [3.8, 4) is 0 Å². The number of thiocarbonyl (C=S) groups is 1. The summed E-state index contributed by atoms with van der Waals surface area (Å²) in [5.41, 5.74) is 5.97. The average Bonchev–Trinajstić information content (AvgIpc) is 2.48. The Morgan fingerprint density at radius 1 is 1.14 bits per heavy atom. The summed E-state index contributed by atoms with van der Waals surface area (Å²) in [5.74, 6) is 0.0641. The van der Waals surface area contributed by atoms with E-state index in [0.717, 1.165) is 25.7 Å². The quantitative estimate of drug-likeness (QED) is 0.562. The fourth-order valence-electron chi connectivity index (χ4n) is 2.33. The van der Waals surface area contributed by atoms with Crippen molar-refractivity contribution in [2.75, 3.05) is 5.32 Å². The summed E-state index contributed by atoms with van der Waals surface area (Å²) in [5, 5.41) is 4.21. The lowest BCUT2D eigenvalue weighted by Gasteiger charge is -2.21. The maximum absolute atomic E-state index is 12.0. The lowest BCUT2D eigenvalue weighted by atomic mass is 9.89. The Balaban J connectivity index is 1.80. The first kappa shape index (κ1) is 16.3. The normalized spacial score (nSPS) is 15.3. The van der Waals surface area contributed by atoms with Crippen LogP contribution in [0.1, 0.15) is 32.1 Å². The molecule has 1 saturated carbocycles. The van der Waals surface area contributed by atoms with E-state index in [1.807, 2.05) is 0 Å². The predicted octanol–water partition coefficient (Wildman–Crippen LogP) is 3.89. The van der Waals surface area contributed by atoms with Gasteiger partial charge in [-0.1, -0.05) is 42.5 Å². The molecule has 3 N–H and O–H groups in total. The first-order valence-electron chi connectivity index (χ1n) is 6.88. The van der Waals surface area contributed by atoms with E-state index in [9.17, 15) is 4.79 Å². The molecule has 1 fully saturated rings. The first-order valence-corrected chi connectivity index (χ1v) is 8.04. The molecule has 0 unspecified atom stereocenters. The van der Waals surface area contributed by atoms with Crippen molar-refractivity contribution in [3.63, 3.8) is 0 Å². The van der Waals surface area contributed by atoms with E-state index < -0.39 is 0 Å². The second-order valence-corrected chi connectivity index (χ2v) is 6.28. The summed E-state index contributed by atoms with van der Waals surface area (Å²) in [6.07, 6.45) is 5.32. The highest BCUT2D eigenvalue weighted by molar-refractivity contribution is 7.80. The number of rotatable bonds is 2. The zero-order chi connectivity index (χ0) is 15.2. The molecule has 21 heavy (non-hydrogen) atoms. The highest BCUT2D eigenvalue weighted by Gasteiger charge is 2.20. The maximum Gasteiger partial charge on any atom is 0.241 e. The van der Waals surface area contributed by atoms with Gasteiger partial charge in [0, 0.05) is 10.9 Å². The third-order valence-electron chi connectivity index (χ3n) is 3.45. The molecule has 0 radical (unpaired) electrons. The van der Waals surface area contributed by atoms with Crippen LogP contribution < -0.4 is 16.2 Å². The number of amides is 1. The SMILES string of the molecule is O=C(NNC(=S)Nc1ccc(Cl)cc1Cl)C1CCCCC1. The van der Waals surface area contributed by atoms with Crippen LogP contribution in [0.2, 0.25) is 10.0 Å². The topological polar surface area (TPSA) is 53.2 Å². The van der Waals surface area contributed by atoms with Gasteiger partial charge in [0.05, 0.1) is 10.7 Å². The van der Waals surface area contributed by atoms with Gasteiger partial charge in [-0.15, -0.1) is 0 Å². The average molecular weight is 346 g/mol. The van der Waals surface area contributed by atoms with Gasteiger partial charge >= 0.3 is 0 Å². The minimum absolute atomic E-state index is 0.0129. The predicted molar refractivity (Wildman–Crippen MR) is 90.5 cm³/mol. The fourth-order valence-corrected chi connectivity index (χ4v) is 2.95. The van der Waals surface area contributed by atoms with Gasteiger partial charge in [0.15, 0.2) is 5.11 Å². The molecule has 1 aromatic carbocycles. The van der Waals surface area contributed by atoms with Gasteiger partial charge < -0.3 is 5.32 Å². The monoisotopic (exact) mass is 345 g/mol. The van der Waals surface area contributed by atoms with E-state index in [4.69, 9.17) is 35.4 Å². The molecule has 0 aliphatic heterocycles. The number of anilines is 1. The first-order chi connectivity index (χ1) is 10.1. The summed E-state index contributed by atoms with van der Waals surface area (Å²) >= 11 is 17.0. The number of carbonyl (C=O) groups is 1. The number of hydrogen-bond donors (Lipinski definition) is 3. The van der Waals surface area contributed by atoms with E-state index >= 15 is 0 Å². The molecule has 1 aliphatic carbocycles. The highest BCUT2D eigenvalue weighted by Crippen LogP contribution is 2.25. The smallest absolute Gasteiger partial charge is 0.241 e. The van der Waals surface area contributed by atoms with Gasteiger partial charge in [0.2, 0.25) is 5.91 Å². The number of halogens is 2. The van der Waals surface area contributed by atoms with Crippen molar-refractivity contribution < 1.29 is 4.79 Å². The third kappa shape index (κ3) is 5.02. The number of carbonyl (C=O) groups excluding carboxylic acids is 1. The second-order valence-electron chi connectivity index (χ2n) is 5.03. The summed E-state index contributed by atoms with van der Waals surface area (Å²) in [6.45, 7) is 0. The van der Waals surface area contributed by atoms with Crippen LogP contribution in [0.3, 0.4) is 0 Å². The van der Waals surface area contributed by atoms with Gasteiger partial charge in [0.1, 0.15) is 0 Å². The molecule has 1 amide bonds. The van der Waals surface area contributed by atoms with E-state index in [1.54, 1.807) is 18.2 Å². The minimum atomic E-state index is -0.0129. The molecule has 0 atom stereocenters. The number of benzene rings is 1. The van der Waals surface area contributed by atoms with Gasteiger partial charge in [0.25, 0.3) is 0 Å². The molecular formula is C14H17Cl2N3OS. The molecule has 2 rings (SSSR count). The van der Waals surface area contributed by atoms with Crippen molar-refractivity contribution >= 4 is 52.1 Å². The van der Waals surface area contributed by atoms with Gasteiger partial charge in [-0.3, -0.25) is 15.6 Å². The number of hydrogen-bond acceptors (Lipinski definition) is 2. The summed E-state index contributed by atoms with van der Waals surface area (Å²) in [4.78, 5) is 12.0. The zero-order valence-corrected chi connectivity index (χ0v) is 13.7. The van der Waals surface area contributed by atoms with Crippen molar-refractivity contribution in [2.45, 2.75) is 32.1 Å². The van der Waals surface area contributed by atoms with Gasteiger partial charge in [-0.2, -0.15) is 0 Å². The van der Waals surface area contributed by atoms with E-state index in [0.29, 0.717) is 15.7 Å². The fraction of sp³-hybridized carbons (Fsp3) is 0.429. The number of hydrazine groups is 1. The molecule has 0 heterocycles. The van der Waals surface area contributed by atoms with Crippen LogP contribution >= 0.6 is 35.4 Å². The zero-order valence-electron chi connectivity index (χ0n) is 11.4. The van der Waals surface area contributed by atoms with Crippen LogP contribution in [-0.2, 0) is 4.79 Å². The van der Waals surface area contributed by atoms with Crippen molar-refractivity contribution in [3.05, 3.63) is 28.2 Å². The van der Waals surface area contributed by atoms with E-state index in [2.05, 4.69) is 16.2 Å². The Morgan fingerprint density at radius 3 is 2.52 bits per heavy atom. The van der Waals surface area contributed by atoms with Crippen LogP contribution in [0, 0.1) is 5.92 Å². The summed E-state index contributed by atoms with van der Waals surface area (Å²) < 4.78 is 0. The largest absolute Gasteiger partial charge is 0.330 e. The molecule has 1 aromatic rings. The molecule has 7 heteroatoms. The molecule has 0 saturated heterocycles. The van der Waals surface area contributed by atoms with E-state index in [-0.39, 0.29) is 16.9 Å². The van der Waals surface area contributed by atoms with Crippen LogP contribution in [0.5, 0.6) is 0 Å². The highest BCUT2D eigenvalue weighted by atomic mass is 35.5. The van der Waals surface area contributed by atoms with Crippen molar-refractivity contribution in [1.82, 2.24) is 10.9 Å². The standard InChI is InChI=1S/C14H17Cl2N3OS/c15-10-6-7-12(11(16)8-10)17-14(21)19-18-13(20)9-4-2-1-3-5-9/h6-9H,1-5H2,(H,18,20)(H2,17,19,21). The maximum atomic E-state index is 12.0. The summed E-state index contributed by atoms with van der Waals surface area (Å²) in [6, 6.07) is 5.05. The van der Waals surface area contributed by atoms with Crippen LogP contribution in [0.15, 0.2) is 18.2 Å². The Morgan fingerprint density at radius 2 is 1.86 bits per heavy atom. The van der Waals surface area contributed by atoms with Crippen molar-refractivity contribution in [2.24, 2.45) is 5.92 Å². The minimum Gasteiger partial charge on any atom is -0.330 e. The van der Waals surface area contributed by atoms with E-state index in [1.165, 1.54) is 6.42 Å². The van der Waals surface area contributed by atoms with Gasteiger partial charge in [-0.25, -0.2) is 0 Å². The molecule has 0 spiro atoms. The second kappa shape index (κ2) is 7.82. The van der Waals surface area contributed by atoms with Crippen LogP contribution in [0.25, 0.3) is 0 Å². The lowest BCUT2D eigenvalue weighted by Crippen LogP contribution is -2.46. The molecular weight excluding hydrogens is 329 g/mol. The van der Waals surface area contributed by atoms with Crippen LogP contribution in [-0.4, -0.2) is 11.0 Å². The Bertz CT molecular complexity index is 533. The Labute approximate surface area is 139 Å². The molecule has 114 valence electrons. The lowest BCUT2D eigenvalue weighted by molar-refractivity contribution is -0.126. The summed E-state index contributed by atoms with van der Waals surface area (Å²) in [7, 11) is 0. The Kier molecular flexibility index (Phi) is 6.08. The van der Waals surface area contributed by atoms with Gasteiger partial charge in [-0.05, 0) is 43.3 Å². The number of nitrogens with one attached hydrogen (secondary N) is 3. The molecule has 0 aromatic heterocycles. The molecule has 1 aliphatic rings. The van der Waals surface area contributed by atoms with Crippen molar-refractivity contribution in [1.29, 1.82) is 0 Å². The Hall–Kier alpha value is -1.04. The third-order valence-corrected chi connectivity index (χ3v) is 4.21. The van der Waals surface area contributed by atoms with Crippen LogP contribution in [0.4, 0.5) is 5.69 Å². The molecule has 0 bridgehead atoms. The molecule has 4 nitrogen and oxygen atoms in total.